The number of oxime groups is 1. The van der Waals surface area contributed by atoms with Crippen LogP contribution in [0.15, 0.2) is 5.16 Å². The number of nitrogens with two attached hydrogens (primary N) is 1. The van der Waals surface area contributed by atoms with E-state index in [1.54, 1.807) is 6.92 Å². The van der Waals surface area contributed by atoms with Crippen LogP contribution in [0.4, 0.5) is 0 Å². The highest BCUT2D eigenvalue weighted by atomic mass is 16.4. The van der Waals surface area contributed by atoms with Crippen LogP contribution < -0.4 is 11.1 Å². The molecule has 0 bridgehead atoms. The summed E-state index contributed by atoms with van der Waals surface area (Å²) < 4.78 is 0. The first-order chi connectivity index (χ1) is 7.15. The van der Waals surface area contributed by atoms with Gasteiger partial charge in [0.15, 0.2) is 5.84 Å². The lowest BCUT2D eigenvalue weighted by atomic mass is 10.1. The summed E-state index contributed by atoms with van der Waals surface area (Å²) in [5.74, 6) is 1.50. The Morgan fingerprint density at radius 1 is 1.53 bits per heavy atom. The third-order valence-electron chi connectivity index (χ3n) is 3.63. The number of rotatable bonds is 3. The van der Waals surface area contributed by atoms with Crippen molar-refractivity contribution in [1.82, 2.24) is 5.32 Å². The van der Waals surface area contributed by atoms with Crippen molar-refractivity contribution in [2.45, 2.75) is 32.2 Å². The molecule has 15 heavy (non-hydrogen) atoms. The van der Waals surface area contributed by atoms with Crippen LogP contribution in [0.25, 0.3) is 0 Å². The molecule has 0 aromatic carbocycles. The van der Waals surface area contributed by atoms with Crippen molar-refractivity contribution in [2.75, 3.05) is 0 Å². The van der Waals surface area contributed by atoms with E-state index in [0.717, 1.165) is 0 Å². The molecule has 5 nitrogen and oxygen atoms in total. The Morgan fingerprint density at radius 2 is 2.13 bits per heavy atom. The Kier molecular flexibility index (Phi) is 2.54. The summed E-state index contributed by atoms with van der Waals surface area (Å²) in [5.41, 5.74) is 5.39. The van der Waals surface area contributed by atoms with E-state index >= 15 is 0 Å². The number of carbonyl (C=O) groups is 1. The largest absolute Gasteiger partial charge is 0.409 e. The minimum atomic E-state index is -0.385. The van der Waals surface area contributed by atoms with Gasteiger partial charge in [0.1, 0.15) is 0 Å². The van der Waals surface area contributed by atoms with E-state index in [4.69, 9.17) is 10.9 Å². The number of nitrogens with one attached hydrogen (secondary N) is 1. The van der Waals surface area contributed by atoms with E-state index in [9.17, 15) is 4.79 Å². The Labute approximate surface area is 88.7 Å². The lowest BCUT2D eigenvalue weighted by Gasteiger charge is -2.12. The minimum Gasteiger partial charge on any atom is -0.409 e. The monoisotopic (exact) mass is 211 g/mol. The summed E-state index contributed by atoms with van der Waals surface area (Å²) in [4.78, 5) is 11.7. The van der Waals surface area contributed by atoms with Gasteiger partial charge in [0.05, 0.1) is 6.04 Å². The highest BCUT2D eigenvalue weighted by Crippen LogP contribution is 2.57. The fraction of sp³-hybridized carbons (Fsp3) is 0.800. The van der Waals surface area contributed by atoms with Crippen LogP contribution in [0, 0.1) is 17.8 Å². The Hall–Kier alpha value is -1.26. The number of amidine groups is 1. The van der Waals surface area contributed by atoms with Gasteiger partial charge in [0, 0.05) is 5.92 Å². The summed E-state index contributed by atoms with van der Waals surface area (Å²) in [5, 5.41) is 14.1. The molecule has 3 unspecified atom stereocenters. The maximum Gasteiger partial charge on any atom is 0.224 e. The molecule has 0 heterocycles. The quantitative estimate of drug-likeness (QED) is 0.271. The van der Waals surface area contributed by atoms with Gasteiger partial charge in [0.25, 0.3) is 0 Å². The Balaban J connectivity index is 1.83. The zero-order valence-electron chi connectivity index (χ0n) is 8.81. The van der Waals surface area contributed by atoms with Crippen LogP contribution in [0.3, 0.4) is 0 Å². The highest BCUT2D eigenvalue weighted by molar-refractivity contribution is 5.91. The molecule has 0 aliphatic heterocycles. The van der Waals surface area contributed by atoms with E-state index in [-0.39, 0.29) is 23.7 Å². The number of hydrogen-bond acceptors (Lipinski definition) is 3. The number of fused-ring (bicyclic) bond motifs is 1. The van der Waals surface area contributed by atoms with Gasteiger partial charge >= 0.3 is 0 Å². The van der Waals surface area contributed by atoms with E-state index in [0.29, 0.717) is 11.8 Å². The van der Waals surface area contributed by atoms with Gasteiger partial charge in [-0.1, -0.05) is 11.6 Å². The first-order valence-corrected chi connectivity index (χ1v) is 5.43. The molecule has 2 rings (SSSR count). The molecule has 1 amide bonds. The van der Waals surface area contributed by atoms with Gasteiger partial charge in [-0.2, -0.15) is 0 Å². The molecule has 0 spiro atoms. The maximum atomic E-state index is 11.7. The molecule has 0 aromatic heterocycles. The molecule has 4 N–H and O–H groups in total. The number of amides is 1. The molecule has 2 saturated carbocycles. The first-order valence-electron chi connectivity index (χ1n) is 5.43. The normalized spacial score (nSPS) is 35.8. The number of carbonyl (C=O) groups excluding carboxylic acids is 1. The molecule has 2 fully saturated rings. The topological polar surface area (TPSA) is 87.7 Å². The lowest BCUT2D eigenvalue weighted by Crippen LogP contribution is -2.43. The predicted molar refractivity (Wildman–Crippen MR) is 55.3 cm³/mol. The maximum absolute atomic E-state index is 11.7. The molecule has 0 aromatic rings. The second-order valence-corrected chi connectivity index (χ2v) is 4.54. The van der Waals surface area contributed by atoms with Crippen LogP contribution in [0.2, 0.25) is 0 Å². The zero-order chi connectivity index (χ0) is 11.0. The molecule has 2 aliphatic rings. The van der Waals surface area contributed by atoms with Gasteiger partial charge in [0.2, 0.25) is 5.91 Å². The predicted octanol–water partition coefficient (Wildman–Crippen LogP) is 0.284. The molecule has 0 saturated heterocycles. The molecular weight excluding hydrogens is 194 g/mol. The van der Waals surface area contributed by atoms with Crippen LogP contribution in [-0.4, -0.2) is 23.0 Å². The number of nitrogens with zero attached hydrogens (tertiary/aromatic N) is 1. The van der Waals surface area contributed by atoms with Crippen molar-refractivity contribution in [3.05, 3.63) is 0 Å². The molecule has 0 radical (unpaired) electrons. The molecule has 3 atom stereocenters. The fourth-order valence-electron chi connectivity index (χ4n) is 2.68. The second kappa shape index (κ2) is 3.72. The lowest BCUT2D eigenvalue weighted by molar-refractivity contribution is -0.123. The second-order valence-electron chi connectivity index (χ2n) is 4.54. The third-order valence-corrected chi connectivity index (χ3v) is 3.63. The van der Waals surface area contributed by atoms with Crippen LogP contribution in [-0.2, 0) is 4.79 Å². The van der Waals surface area contributed by atoms with Crippen molar-refractivity contribution in [2.24, 2.45) is 28.6 Å². The van der Waals surface area contributed by atoms with Gasteiger partial charge in [-0.25, -0.2) is 0 Å². The van der Waals surface area contributed by atoms with Gasteiger partial charge in [-0.3, -0.25) is 4.79 Å². The molecular formula is C10H17N3O2. The van der Waals surface area contributed by atoms with Gasteiger partial charge in [-0.15, -0.1) is 0 Å². The Bertz CT molecular complexity index is 293. The fourth-order valence-corrected chi connectivity index (χ4v) is 2.68. The Morgan fingerprint density at radius 3 is 2.67 bits per heavy atom. The summed E-state index contributed by atoms with van der Waals surface area (Å²) in [7, 11) is 0. The molecule has 2 aliphatic carbocycles. The van der Waals surface area contributed by atoms with E-state index in [1.807, 2.05) is 0 Å². The average Bonchev–Trinajstić information content (AvgIpc) is 2.72. The smallest absolute Gasteiger partial charge is 0.224 e. The van der Waals surface area contributed by atoms with Crippen molar-refractivity contribution >= 4 is 11.7 Å². The van der Waals surface area contributed by atoms with Crippen LogP contribution >= 0.6 is 0 Å². The SMILES string of the molecule is CC(NC(=O)C1C2CCCC21)C(N)=NO. The van der Waals surface area contributed by atoms with E-state index < -0.39 is 0 Å². The summed E-state index contributed by atoms with van der Waals surface area (Å²) in [6.07, 6.45) is 3.62. The van der Waals surface area contributed by atoms with Gasteiger partial charge < -0.3 is 16.3 Å². The molecule has 84 valence electrons. The summed E-state index contributed by atoms with van der Waals surface area (Å²) in [6, 6.07) is -0.385. The van der Waals surface area contributed by atoms with Crippen molar-refractivity contribution in [3.63, 3.8) is 0 Å². The van der Waals surface area contributed by atoms with Crippen molar-refractivity contribution in [1.29, 1.82) is 0 Å². The van der Waals surface area contributed by atoms with E-state index in [1.165, 1.54) is 19.3 Å². The summed E-state index contributed by atoms with van der Waals surface area (Å²) >= 11 is 0. The number of hydrogen-bond donors (Lipinski definition) is 3. The van der Waals surface area contributed by atoms with Crippen molar-refractivity contribution in [3.8, 4) is 0 Å². The van der Waals surface area contributed by atoms with Crippen molar-refractivity contribution < 1.29 is 10.0 Å². The van der Waals surface area contributed by atoms with E-state index in [2.05, 4.69) is 10.5 Å². The zero-order valence-corrected chi connectivity index (χ0v) is 8.81. The summed E-state index contributed by atoms with van der Waals surface area (Å²) in [6.45, 7) is 1.71. The molecule has 5 heteroatoms. The van der Waals surface area contributed by atoms with Gasteiger partial charge in [-0.05, 0) is 31.6 Å². The standard InChI is InChI=1S/C10H17N3O2/c1-5(9(11)13-15)12-10(14)8-6-3-2-4-7(6)8/h5-8,15H,2-4H2,1H3,(H2,11,13)(H,12,14). The average molecular weight is 211 g/mol. The first kappa shape index (κ1) is 10.3. The highest BCUT2D eigenvalue weighted by Gasteiger charge is 2.56. The minimum absolute atomic E-state index is 0.0501. The third kappa shape index (κ3) is 1.78. The van der Waals surface area contributed by atoms with Crippen LogP contribution in [0.1, 0.15) is 26.2 Å². The van der Waals surface area contributed by atoms with Crippen LogP contribution in [0.5, 0.6) is 0 Å².